The number of rotatable bonds is 3. The Morgan fingerprint density at radius 1 is 1.42 bits per heavy atom. The van der Waals surface area contributed by atoms with Crippen LogP contribution in [0.25, 0.3) is 5.69 Å². The maximum Gasteiger partial charge on any atom is 0.275 e. The first-order chi connectivity index (χ1) is 9.02. The van der Waals surface area contributed by atoms with Crippen LogP contribution in [0.2, 0.25) is 0 Å². The van der Waals surface area contributed by atoms with Crippen molar-refractivity contribution in [2.75, 3.05) is 14.1 Å². The molecule has 19 heavy (non-hydrogen) atoms. The standard InChI is InChI=1S/C13H17N5O/c1-5-10-6-12(9(2)14-7-10)18-8-11(15-16-18)13(19)17(3)4/h6-8H,5H2,1-4H3. The van der Waals surface area contributed by atoms with Gasteiger partial charge >= 0.3 is 0 Å². The zero-order valence-corrected chi connectivity index (χ0v) is 11.6. The van der Waals surface area contributed by atoms with Gasteiger partial charge in [-0.05, 0) is 25.0 Å². The molecule has 2 aromatic heterocycles. The Hall–Kier alpha value is -2.24. The zero-order chi connectivity index (χ0) is 14.0. The molecule has 0 aromatic carbocycles. The largest absolute Gasteiger partial charge is 0.343 e. The molecule has 0 bridgehead atoms. The molecule has 0 unspecified atom stereocenters. The van der Waals surface area contributed by atoms with E-state index in [0.29, 0.717) is 5.69 Å². The van der Waals surface area contributed by atoms with E-state index in [1.165, 1.54) is 4.90 Å². The lowest BCUT2D eigenvalue weighted by molar-refractivity contribution is 0.0822. The van der Waals surface area contributed by atoms with Crippen LogP contribution in [0.4, 0.5) is 0 Å². The van der Waals surface area contributed by atoms with E-state index in [-0.39, 0.29) is 5.91 Å². The van der Waals surface area contributed by atoms with Crippen molar-refractivity contribution in [2.45, 2.75) is 20.3 Å². The summed E-state index contributed by atoms with van der Waals surface area (Å²) in [6.07, 6.45) is 4.38. The van der Waals surface area contributed by atoms with Crippen LogP contribution < -0.4 is 0 Å². The Labute approximate surface area is 112 Å². The Bertz CT molecular complexity index is 603. The number of amides is 1. The Balaban J connectivity index is 2.40. The third-order valence-electron chi connectivity index (χ3n) is 2.89. The summed E-state index contributed by atoms with van der Waals surface area (Å²) in [5, 5.41) is 7.91. The number of nitrogens with zero attached hydrogens (tertiary/aromatic N) is 5. The van der Waals surface area contributed by atoms with Crippen LogP contribution in [-0.2, 0) is 6.42 Å². The Morgan fingerprint density at radius 3 is 2.79 bits per heavy atom. The van der Waals surface area contributed by atoms with Gasteiger partial charge in [0, 0.05) is 20.3 Å². The van der Waals surface area contributed by atoms with Gasteiger partial charge in [-0.1, -0.05) is 12.1 Å². The van der Waals surface area contributed by atoms with E-state index in [2.05, 4.69) is 22.2 Å². The lowest BCUT2D eigenvalue weighted by Gasteiger charge is -2.07. The fourth-order valence-electron chi connectivity index (χ4n) is 1.70. The molecule has 100 valence electrons. The zero-order valence-electron chi connectivity index (χ0n) is 11.6. The lowest BCUT2D eigenvalue weighted by atomic mass is 10.2. The summed E-state index contributed by atoms with van der Waals surface area (Å²) in [6, 6.07) is 2.01. The molecule has 1 amide bonds. The van der Waals surface area contributed by atoms with Crippen molar-refractivity contribution in [3.63, 3.8) is 0 Å². The van der Waals surface area contributed by atoms with Gasteiger partial charge in [0.05, 0.1) is 17.6 Å². The molecule has 2 rings (SSSR count). The van der Waals surface area contributed by atoms with Crippen molar-refractivity contribution in [3.05, 3.63) is 35.4 Å². The number of aromatic nitrogens is 4. The average molecular weight is 259 g/mol. The summed E-state index contributed by atoms with van der Waals surface area (Å²) in [5.41, 5.74) is 3.15. The van der Waals surface area contributed by atoms with Gasteiger partial charge < -0.3 is 4.90 Å². The van der Waals surface area contributed by atoms with E-state index in [0.717, 1.165) is 23.4 Å². The predicted octanol–water partition coefficient (Wildman–Crippen LogP) is 1.23. The smallest absolute Gasteiger partial charge is 0.275 e. The number of carbonyl (C=O) groups excluding carboxylic acids is 1. The summed E-state index contributed by atoms with van der Waals surface area (Å²) in [5.74, 6) is -0.163. The highest BCUT2D eigenvalue weighted by Crippen LogP contribution is 2.13. The van der Waals surface area contributed by atoms with Gasteiger partial charge in [0.15, 0.2) is 5.69 Å². The van der Waals surface area contributed by atoms with Crippen LogP contribution in [0.3, 0.4) is 0 Å². The van der Waals surface area contributed by atoms with Crippen LogP contribution in [0.15, 0.2) is 18.5 Å². The number of hydrogen-bond donors (Lipinski definition) is 0. The monoisotopic (exact) mass is 259 g/mol. The predicted molar refractivity (Wildman–Crippen MR) is 71.3 cm³/mol. The first-order valence-electron chi connectivity index (χ1n) is 6.12. The second-order valence-corrected chi connectivity index (χ2v) is 4.55. The molecule has 0 saturated heterocycles. The number of aryl methyl sites for hydroxylation is 2. The summed E-state index contributed by atoms with van der Waals surface area (Å²) in [4.78, 5) is 17.6. The molecule has 0 spiro atoms. The molecule has 0 aliphatic rings. The third-order valence-corrected chi connectivity index (χ3v) is 2.89. The molecule has 2 aromatic rings. The maximum atomic E-state index is 11.8. The third kappa shape index (κ3) is 2.62. The first-order valence-corrected chi connectivity index (χ1v) is 6.12. The molecular weight excluding hydrogens is 242 g/mol. The van der Waals surface area contributed by atoms with E-state index < -0.39 is 0 Å². The van der Waals surface area contributed by atoms with Gasteiger partial charge in [0.25, 0.3) is 5.91 Å². The molecule has 0 aliphatic heterocycles. The molecule has 0 saturated carbocycles. The molecule has 0 fully saturated rings. The summed E-state index contributed by atoms with van der Waals surface area (Å²) in [7, 11) is 3.37. The highest BCUT2D eigenvalue weighted by molar-refractivity contribution is 5.91. The van der Waals surface area contributed by atoms with E-state index >= 15 is 0 Å². The van der Waals surface area contributed by atoms with Gasteiger partial charge in [-0.25, -0.2) is 4.68 Å². The Morgan fingerprint density at radius 2 is 2.16 bits per heavy atom. The van der Waals surface area contributed by atoms with E-state index in [1.807, 2.05) is 19.2 Å². The Kier molecular flexibility index (Phi) is 3.59. The van der Waals surface area contributed by atoms with E-state index in [9.17, 15) is 4.79 Å². The molecule has 0 aliphatic carbocycles. The van der Waals surface area contributed by atoms with Crippen molar-refractivity contribution < 1.29 is 4.79 Å². The van der Waals surface area contributed by atoms with Crippen molar-refractivity contribution >= 4 is 5.91 Å². The lowest BCUT2D eigenvalue weighted by Crippen LogP contribution is -2.21. The number of carbonyl (C=O) groups is 1. The minimum atomic E-state index is -0.163. The maximum absolute atomic E-state index is 11.8. The van der Waals surface area contributed by atoms with Gasteiger partial charge in [-0.2, -0.15) is 0 Å². The normalized spacial score (nSPS) is 10.5. The first kappa shape index (κ1) is 13.2. The quantitative estimate of drug-likeness (QED) is 0.831. The van der Waals surface area contributed by atoms with Gasteiger partial charge in [0.1, 0.15) is 0 Å². The van der Waals surface area contributed by atoms with Crippen molar-refractivity contribution in [1.82, 2.24) is 24.9 Å². The van der Waals surface area contributed by atoms with Crippen LogP contribution in [0, 0.1) is 6.92 Å². The van der Waals surface area contributed by atoms with Gasteiger partial charge in [0.2, 0.25) is 0 Å². The molecule has 2 heterocycles. The minimum absolute atomic E-state index is 0.163. The van der Waals surface area contributed by atoms with Crippen LogP contribution >= 0.6 is 0 Å². The molecule has 0 N–H and O–H groups in total. The topological polar surface area (TPSA) is 63.9 Å². The highest BCUT2D eigenvalue weighted by atomic mass is 16.2. The second-order valence-electron chi connectivity index (χ2n) is 4.55. The summed E-state index contributed by atoms with van der Waals surface area (Å²) >= 11 is 0. The van der Waals surface area contributed by atoms with Crippen LogP contribution in [0.1, 0.15) is 28.7 Å². The minimum Gasteiger partial charge on any atom is -0.343 e. The number of pyridine rings is 1. The van der Waals surface area contributed by atoms with E-state index in [4.69, 9.17) is 0 Å². The SMILES string of the molecule is CCc1cnc(C)c(-n2cc(C(=O)N(C)C)nn2)c1. The van der Waals surface area contributed by atoms with E-state index in [1.54, 1.807) is 25.0 Å². The number of hydrogen-bond acceptors (Lipinski definition) is 4. The highest BCUT2D eigenvalue weighted by Gasteiger charge is 2.14. The fourth-order valence-corrected chi connectivity index (χ4v) is 1.70. The van der Waals surface area contributed by atoms with Crippen molar-refractivity contribution in [2.24, 2.45) is 0 Å². The molecule has 0 atom stereocenters. The van der Waals surface area contributed by atoms with Gasteiger partial charge in [-0.15, -0.1) is 5.10 Å². The van der Waals surface area contributed by atoms with Gasteiger partial charge in [-0.3, -0.25) is 9.78 Å². The average Bonchev–Trinajstić information content (AvgIpc) is 2.87. The summed E-state index contributed by atoms with van der Waals surface area (Å²) in [6.45, 7) is 3.97. The molecular formula is C13H17N5O. The molecule has 6 heteroatoms. The van der Waals surface area contributed by atoms with Crippen LogP contribution in [0.5, 0.6) is 0 Å². The van der Waals surface area contributed by atoms with Crippen molar-refractivity contribution in [3.8, 4) is 5.69 Å². The second kappa shape index (κ2) is 5.17. The molecule has 6 nitrogen and oxygen atoms in total. The van der Waals surface area contributed by atoms with Crippen LogP contribution in [-0.4, -0.2) is 44.9 Å². The molecule has 0 radical (unpaired) electrons. The summed E-state index contributed by atoms with van der Waals surface area (Å²) < 4.78 is 1.60. The fraction of sp³-hybridized carbons (Fsp3) is 0.385. The van der Waals surface area contributed by atoms with Crippen molar-refractivity contribution in [1.29, 1.82) is 0 Å².